The molecule has 3 N–H and O–H groups in total. The fourth-order valence-corrected chi connectivity index (χ4v) is 2.66. The second-order valence-corrected chi connectivity index (χ2v) is 5.89. The summed E-state index contributed by atoms with van der Waals surface area (Å²) in [5.74, 6) is -0.543. The molecule has 1 saturated heterocycles. The molecule has 2 heterocycles. The molecule has 1 aliphatic heterocycles. The van der Waals surface area contributed by atoms with Gasteiger partial charge in [0.2, 0.25) is 5.91 Å². The van der Waals surface area contributed by atoms with E-state index in [0.29, 0.717) is 6.54 Å². The summed E-state index contributed by atoms with van der Waals surface area (Å²) in [5, 5.41) is 7.45. The Morgan fingerprint density at radius 1 is 1.28 bits per heavy atom. The maximum atomic E-state index is 11.9. The average Bonchev–Trinajstić information content (AvgIpc) is 3.20. The molecular weight excluding hydrogens is 322 g/mol. The van der Waals surface area contributed by atoms with E-state index in [1.54, 1.807) is 12.5 Å². The van der Waals surface area contributed by atoms with E-state index in [9.17, 15) is 14.4 Å². The standard InChI is InChI=1S/C17H19N5O3/c23-15(5-4-14-16(24)21-17(25)20-14)19-9-12-2-1-3-13(8-12)10-22-7-6-18-11-22/h1-3,6-8,11,14H,4-5,9-10H2,(H,19,23)(H2,20,21,24,25). The first-order valence-electron chi connectivity index (χ1n) is 8.02. The number of aromatic nitrogens is 2. The molecule has 0 saturated carbocycles. The Morgan fingerprint density at radius 3 is 2.84 bits per heavy atom. The van der Waals surface area contributed by atoms with Crippen LogP contribution in [0.25, 0.3) is 0 Å². The highest BCUT2D eigenvalue weighted by Crippen LogP contribution is 2.08. The van der Waals surface area contributed by atoms with E-state index in [2.05, 4.69) is 20.9 Å². The average molecular weight is 341 g/mol. The maximum Gasteiger partial charge on any atom is 0.322 e. The number of urea groups is 1. The van der Waals surface area contributed by atoms with Gasteiger partial charge in [0.25, 0.3) is 5.91 Å². The van der Waals surface area contributed by atoms with Crippen molar-refractivity contribution in [1.29, 1.82) is 0 Å². The quantitative estimate of drug-likeness (QED) is 0.639. The lowest BCUT2D eigenvalue weighted by Crippen LogP contribution is -2.31. The Hall–Kier alpha value is -3.16. The summed E-state index contributed by atoms with van der Waals surface area (Å²) in [4.78, 5) is 38.4. The molecule has 1 aromatic carbocycles. The number of imide groups is 1. The van der Waals surface area contributed by atoms with Crippen molar-refractivity contribution < 1.29 is 14.4 Å². The Bertz CT molecular complexity index is 772. The smallest absolute Gasteiger partial charge is 0.322 e. The van der Waals surface area contributed by atoms with E-state index in [1.165, 1.54) is 0 Å². The van der Waals surface area contributed by atoms with Gasteiger partial charge in [-0.05, 0) is 17.5 Å². The maximum absolute atomic E-state index is 11.9. The third-order valence-corrected chi connectivity index (χ3v) is 3.92. The lowest BCUT2D eigenvalue weighted by molar-refractivity contribution is -0.122. The van der Waals surface area contributed by atoms with Crippen LogP contribution >= 0.6 is 0 Å². The fraction of sp³-hybridized carbons (Fsp3) is 0.294. The summed E-state index contributed by atoms with van der Waals surface area (Å²) < 4.78 is 1.97. The highest BCUT2D eigenvalue weighted by molar-refractivity contribution is 6.04. The highest BCUT2D eigenvalue weighted by atomic mass is 16.2. The van der Waals surface area contributed by atoms with E-state index in [4.69, 9.17) is 0 Å². The van der Waals surface area contributed by atoms with Crippen molar-refractivity contribution in [3.05, 3.63) is 54.1 Å². The Kier molecular flexibility index (Phi) is 5.08. The molecule has 1 unspecified atom stereocenters. The Labute approximate surface area is 144 Å². The molecule has 4 amide bonds. The Balaban J connectivity index is 1.45. The van der Waals surface area contributed by atoms with Crippen LogP contribution in [-0.2, 0) is 22.7 Å². The van der Waals surface area contributed by atoms with Crippen molar-refractivity contribution in [2.45, 2.75) is 32.0 Å². The molecule has 1 fully saturated rings. The minimum Gasteiger partial charge on any atom is -0.352 e. The van der Waals surface area contributed by atoms with Gasteiger partial charge in [-0.2, -0.15) is 0 Å². The number of nitrogens with one attached hydrogen (secondary N) is 3. The fourth-order valence-electron chi connectivity index (χ4n) is 2.66. The third-order valence-electron chi connectivity index (χ3n) is 3.92. The molecule has 0 bridgehead atoms. The number of nitrogens with zero attached hydrogens (tertiary/aromatic N) is 2. The lowest BCUT2D eigenvalue weighted by Gasteiger charge is -2.09. The van der Waals surface area contributed by atoms with Crippen LogP contribution in [0.2, 0.25) is 0 Å². The minimum absolute atomic E-state index is 0.158. The molecule has 2 aromatic rings. The molecule has 8 nitrogen and oxygen atoms in total. The van der Waals surface area contributed by atoms with E-state index in [-0.39, 0.29) is 24.7 Å². The number of carbonyl (C=O) groups is 3. The molecule has 0 aliphatic carbocycles. The predicted molar refractivity (Wildman–Crippen MR) is 89.3 cm³/mol. The topological polar surface area (TPSA) is 105 Å². The van der Waals surface area contributed by atoms with E-state index in [0.717, 1.165) is 17.7 Å². The van der Waals surface area contributed by atoms with Gasteiger partial charge in [-0.3, -0.25) is 14.9 Å². The van der Waals surface area contributed by atoms with Gasteiger partial charge in [0, 0.05) is 31.9 Å². The van der Waals surface area contributed by atoms with Gasteiger partial charge < -0.3 is 15.2 Å². The number of hydrogen-bond acceptors (Lipinski definition) is 4. The second-order valence-electron chi connectivity index (χ2n) is 5.89. The molecule has 3 rings (SSSR count). The summed E-state index contributed by atoms with van der Waals surface area (Å²) >= 11 is 0. The normalized spacial score (nSPS) is 16.4. The van der Waals surface area contributed by atoms with E-state index < -0.39 is 12.1 Å². The predicted octanol–water partition coefficient (Wildman–Crippen LogP) is 0.536. The van der Waals surface area contributed by atoms with Crippen molar-refractivity contribution in [2.24, 2.45) is 0 Å². The van der Waals surface area contributed by atoms with Crippen LogP contribution in [0.1, 0.15) is 24.0 Å². The first-order valence-corrected chi connectivity index (χ1v) is 8.02. The van der Waals surface area contributed by atoms with Crippen molar-refractivity contribution >= 4 is 17.8 Å². The van der Waals surface area contributed by atoms with Crippen molar-refractivity contribution in [1.82, 2.24) is 25.5 Å². The van der Waals surface area contributed by atoms with Gasteiger partial charge in [-0.25, -0.2) is 9.78 Å². The molecule has 8 heteroatoms. The van der Waals surface area contributed by atoms with Crippen molar-refractivity contribution in [3.63, 3.8) is 0 Å². The van der Waals surface area contributed by atoms with Crippen LogP contribution in [0.3, 0.4) is 0 Å². The third kappa shape index (κ3) is 4.66. The summed E-state index contributed by atoms with van der Waals surface area (Å²) in [6.45, 7) is 1.14. The minimum atomic E-state index is -0.628. The molecule has 25 heavy (non-hydrogen) atoms. The van der Waals surface area contributed by atoms with Gasteiger partial charge in [-0.1, -0.05) is 24.3 Å². The highest BCUT2D eigenvalue weighted by Gasteiger charge is 2.29. The Morgan fingerprint density at radius 2 is 2.12 bits per heavy atom. The summed E-state index contributed by atoms with van der Waals surface area (Å²) in [7, 11) is 0. The monoisotopic (exact) mass is 341 g/mol. The number of amides is 4. The summed E-state index contributed by atoms with van der Waals surface area (Å²) in [6, 6.07) is 6.81. The zero-order valence-corrected chi connectivity index (χ0v) is 13.6. The van der Waals surface area contributed by atoms with Crippen molar-refractivity contribution in [3.8, 4) is 0 Å². The van der Waals surface area contributed by atoms with Gasteiger partial charge in [0.05, 0.1) is 6.33 Å². The SMILES string of the molecule is O=C(CCC1NC(=O)NC1=O)NCc1cccc(Cn2ccnc2)c1. The van der Waals surface area contributed by atoms with Gasteiger partial charge in [-0.15, -0.1) is 0 Å². The summed E-state index contributed by atoms with van der Waals surface area (Å²) in [5.41, 5.74) is 2.12. The molecule has 0 spiro atoms. The van der Waals surface area contributed by atoms with Gasteiger partial charge >= 0.3 is 6.03 Å². The van der Waals surface area contributed by atoms with Crippen LogP contribution in [0, 0.1) is 0 Å². The van der Waals surface area contributed by atoms with Gasteiger partial charge in [0.1, 0.15) is 6.04 Å². The molecule has 1 aromatic heterocycles. The molecular formula is C17H19N5O3. The molecule has 1 aliphatic rings. The molecule has 0 radical (unpaired) electrons. The van der Waals surface area contributed by atoms with E-state index in [1.807, 2.05) is 35.0 Å². The van der Waals surface area contributed by atoms with Crippen LogP contribution in [0.5, 0.6) is 0 Å². The van der Waals surface area contributed by atoms with Crippen molar-refractivity contribution in [2.75, 3.05) is 0 Å². The number of hydrogen-bond donors (Lipinski definition) is 3. The number of imidazole rings is 1. The zero-order valence-electron chi connectivity index (χ0n) is 13.6. The van der Waals surface area contributed by atoms with Crippen LogP contribution in [0.4, 0.5) is 4.79 Å². The summed E-state index contributed by atoms with van der Waals surface area (Å²) in [6.07, 6.45) is 5.84. The number of rotatable bonds is 7. The van der Waals surface area contributed by atoms with Gasteiger partial charge in [0.15, 0.2) is 0 Å². The largest absolute Gasteiger partial charge is 0.352 e. The second kappa shape index (κ2) is 7.61. The van der Waals surface area contributed by atoms with Crippen LogP contribution in [0.15, 0.2) is 43.0 Å². The first kappa shape index (κ1) is 16.7. The lowest BCUT2D eigenvalue weighted by atomic mass is 10.1. The number of benzene rings is 1. The van der Waals surface area contributed by atoms with E-state index >= 15 is 0 Å². The van der Waals surface area contributed by atoms with Crippen LogP contribution in [-0.4, -0.2) is 33.4 Å². The molecule has 1 atom stereocenters. The zero-order chi connectivity index (χ0) is 17.6. The van der Waals surface area contributed by atoms with Crippen LogP contribution < -0.4 is 16.0 Å². The number of carbonyl (C=O) groups excluding carboxylic acids is 3. The first-order chi connectivity index (χ1) is 12.1. The molecule has 130 valence electrons.